The summed E-state index contributed by atoms with van der Waals surface area (Å²) in [4.78, 5) is 24.7. The minimum Gasteiger partial charge on any atom is -0.497 e. The van der Waals surface area contributed by atoms with Crippen LogP contribution >= 0.6 is 0 Å². The number of urea groups is 1. The number of hydrogen-bond donors (Lipinski definition) is 3. The van der Waals surface area contributed by atoms with Gasteiger partial charge in [-0.1, -0.05) is 13.8 Å². The molecule has 8 nitrogen and oxygen atoms in total. The fourth-order valence-corrected chi connectivity index (χ4v) is 4.38. The van der Waals surface area contributed by atoms with E-state index < -0.39 is 28.0 Å². The molecule has 1 aromatic carbocycles. The Kier molecular flexibility index (Phi) is 6.47. The number of benzene rings is 1. The van der Waals surface area contributed by atoms with Crippen LogP contribution in [0.4, 0.5) is 10.5 Å². The minimum absolute atomic E-state index is 0.0647. The van der Waals surface area contributed by atoms with E-state index in [2.05, 4.69) is 16.0 Å². The van der Waals surface area contributed by atoms with Crippen molar-refractivity contribution in [1.29, 1.82) is 0 Å². The molecule has 3 N–H and O–H groups in total. The number of carbonyl (C=O) groups excluding carboxylic acids is 2. The first-order valence-corrected chi connectivity index (χ1v) is 10.2. The second kappa shape index (κ2) is 8.39. The van der Waals surface area contributed by atoms with E-state index >= 15 is 0 Å². The highest BCUT2D eigenvalue weighted by Gasteiger charge is 2.30. The van der Waals surface area contributed by atoms with Crippen molar-refractivity contribution in [1.82, 2.24) is 10.6 Å². The van der Waals surface area contributed by atoms with Crippen LogP contribution in [0.1, 0.15) is 20.3 Å². The van der Waals surface area contributed by atoms with Gasteiger partial charge in [0.05, 0.1) is 18.6 Å². The minimum atomic E-state index is -3.08. The highest BCUT2D eigenvalue weighted by Crippen LogP contribution is 2.16. The molecule has 0 spiro atoms. The monoisotopic (exact) mass is 383 g/mol. The summed E-state index contributed by atoms with van der Waals surface area (Å²) in [6.07, 6.45) is 0.389. The third kappa shape index (κ3) is 5.62. The van der Waals surface area contributed by atoms with Crippen molar-refractivity contribution in [3.05, 3.63) is 24.3 Å². The van der Waals surface area contributed by atoms with Crippen molar-refractivity contribution in [2.75, 3.05) is 23.9 Å². The number of ether oxygens (including phenoxy) is 1. The van der Waals surface area contributed by atoms with E-state index in [9.17, 15) is 18.0 Å². The first-order valence-electron chi connectivity index (χ1n) is 8.42. The van der Waals surface area contributed by atoms with E-state index in [1.54, 1.807) is 31.4 Å². The Bertz CT molecular complexity index is 746. The molecule has 0 aliphatic carbocycles. The van der Waals surface area contributed by atoms with E-state index in [1.165, 1.54) is 0 Å². The van der Waals surface area contributed by atoms with Gasteiger partial charge in [-0.05, 0) is 36.6 Å². The number of rotatable bonds is 6. The zero-order valence-electron chi connectivity index (χ0n) is 15.1. The Morgan fingerprint density at radius 3 is 2.35 bits per heavy atom. The molecular formula is C17H25N3O5S. The van der Waals surface area contributed by atoms with Gasteiger partial charge in [-0.15, -0.1) is 0 Å². The summed E-state index contributed by atoms with van der Waals surface area (Å²) in [5.74, 6) is 0.187. The lowest BCUT2D eigenvalue weighted by atomic mass is 10.0. The number of carbonyl (C=O) groups is 2. The second-order valence-electron chi connectivity index (χ2n) is 6.66. The van der Waals surface area contributed by atoms with Gasteiger partial charge in [0.15, 0.2) is 9.84 Å². The second-order valence-corrected chi connectivity index (χ2v) is 8.89. The van der Waals surface area contributed by atoms with Crippen LogP contribution in [0.2, 0.25) is 0 Å². The molecule has 26 heavy (non-hydrogen) atoms. The SMILES string of the molecule is COc1ccc(NC(=O)[C@@H](NC(=O)N[C@H]2CCS(=O)(=O)C2)C(C)C)cc1. The van der Waals surface area contributed by atoms with Crippen molar-refractivity contribution >= 4 is 27.5 Å². The van der Waals surface area contributed by atoms with Crippen molar-refractivity contribution in [3.8, 4) is 5.75 Å². The van der Waals surface area contributed by atoms with E-state index in [4.69, 9.17) is 4.74 Å². The Morgan fingerprint density at radius 1 is 1.19 bits per heavy atom. The molecule has 1 aliphatic rings. The molecule has 9 heteroatoms. The number of amides is 3. The third-order valence-corrected chi connectivity index (χ3v) is 5.93. The van der Waals surface area contributed by atoms with Crippen molar-refractivity contribution in [2.45, 2.75) is 32.4 Å². The molecule has 1 saturated heterocycles. The average molecular weight is 383 g/mol. The van der Waals surface area contributed by atoms with Crippen molar-refractivity contribution < 1.29 is 22.7 Å². The molecule has 144 valence electrons. The van der Waals surface area contributed by atoms with E-state index in [1.807, 2.05) is 13.8 Å². The van der Waals surface area contributed by atoms with Crippen LogP contribution in [0.25, 0.3) is 0 Å². The normalized spacial score (nSPS) is 19.6. The lowest BCUT2D eigenvalue weighted by Gasteiger charge is -2.23. The Balaban J connectivity index is 1.94. The molecule has 0 aromatic heterocycles. The maximum absolute atomic E-state index is 12.5. The highest BCUT2D eigenvalue weighted by molar-refractivity contribution is 7.91. The molecule has 1 aliphatic heterocycles. The van der Waals surface area contributed by atoms with Gasteiger partial charge in [0.25, 0.3) is 0 Å². The van der Waals surface area contributed by atoms with Crippen LogP contribution < -0.4 is 20.7 Å². The maximum atomic E-state index is 12.5. The number of methoxy groups -OCH3 is 1. The van der Waals surface area contributed by atoms with Gasteiger partial charge < -0.3 is 20.7 Å². The summed E-state index contributed by atoms with van der Waals surface area (Å²) in [5, 5.41) is 8.01. The summed E-state index contributed by atoms with van der Waals surface area (Å²) >= 11 is 0. The number of nitrogens with one attached hydrogen (secondary N) is 3. The summed E-state index contributed by atoms with van der Waals surface area (Å²) in [6, 6.07) is 5.14. The Hall–Kier alpha value is -2.29. The van der Waals surface area contributed by atoms with Crippen LogP contribution in [0.5, 0.6) is 5.75 Å². The van der Waals surface area contributed by atoms with Crippen LogP contribution in [0.15, 0.2) is 24.3 Å². The van der Waals surface area contributed by atoms with Crippen LogP contribution in [-0.4, -0.2) is 51.1 Å². The van der Waals surface area contributed by atoms with Crippen molar-refractivity contribution in [3.63, 3.8) is 0 Å². The zero-order chi connectivity index (χ0) is 19.3. The first kappa shape index (κ1) is 20.0. The van der Waals surface area contributed by atoms with Gasteiger partial charge in [-0.3, -0.25) is 4.79 Å². The van der Waals surface area contributed by atoms with Gasteiger partial charge in [-0.25, -0.2) is 13.2 Å². The lowest BCUT2D eigenvalue weighted by Crippen LogP contribution is -2.52. The molecule has 0 saturated carbocycles. The summed E-state index contributed by atoms with van der Waals surface area (Å²) in [6.45, 7) is 3.64. The predicted octanol–water partition coefficient (Wildman–Crippen LogP) is 1.14. The highest BCUT2D eigenvalue weighted by atomic mass is 32.2. The quantitative estimate of drug-likeness (QED) is 0.682. The first-order chi connectivity index (χ1) is 12.2. The van der Waals surface area contributed by atoms with Crippen LogP contribution in [-0.2, 0) is 14.6 Å². The van der Waals surface area contributed by atoms with Crippen LogP contribution in [0.3, 0.4) is 0 Å². The Labute approximate surface area is 153 Å². The predicted molar refractivity (Wildman–Crippen MR) is 99.0 cm³/mol. The molecule has 2 atom stereocenters. The third-order valence-electron chi connectivity index (χ3n) is 4.16. The molecule has 1 fully saturated rings. The number of hydrogen-bond acceptors (Lipinski definition) is 5. The summed E-state index contributed by atoms with van der Waals surface area (Å²) in [7, 11) is -1.52. The van der Waals surface area contributed by atoms with E-state index in [0.29, 0.717) is 17.9 Å². The van der Waals surface area contributed by atoms with Gasteiger partial charge in [-0.2, -0.15) is 0 Å². The average Bonchev–Trinajstić information content (AvgIpc) is 2.91. The van der Waals surface area contributed by atoms with Gasteiger partial charge in [0, 0.05) is 11.7 Å². The lowest BCUT2D eigenvalue weighted by molar-refractivity contribution is -0.118. The number of anilines is 1. The van der Waals surface area contributed by atoms with Crippen molar-refractivity contribution in [2.24, 2.45) is 5.92 Å². The Morgan fingerprint density at radius 2 is 1.85 bits per heavy atom. The standard InChI is InChI=1S/C17H25N3O5S/c1-11(2)15(16(21)18-12-4-6-14(25-3)7-5-12)20-17(22)19-13-8-9-26(23,24)10-13/h4-7,11,13,15H,8-10H2,1-3H3,(H,18,21)(H2,19,20,22)/t13-,15-/m0/s1. The smallest absolute Gasteiger partial charge is 0.315 e. The largest absolute Gasteiger partial charge is 0.497 e. The molecule has 0 radical (unpaired) electrons. The van der Waals surface area contributed by atoms with Gasteiger partial charge >= 0.3 is 6.03 Å². The molecule has 3 amide bonds. The fraction of sp³-hybridized carbons (Fsp3) is 0.529. The van der Waals surface area contributed by atoms with Gasteiger partial charge in [0.1, 0.15) is 11.8 Å². The van der Waals surface area contributed by atoms with Crippen LogP contribution in [0, 0.1) is 5.92 Å². The zero-order valence-corrected chi connectivity index (χ0v) is 15.9. The summed E-state index contributed by atoms with van der Waals surface area (Å²) in [5.41, 5.74) is 0.588. The van der Waals surface area contributed by atoms with Gasteiger partial charge in [0.2, 0.25) is 5.91 Å². The molecule has 0 bridgehead atoms. The van der Waals surface area contributed by atoms with E-state index in [-0.39, 0.29) is 23.3 Å². The molecule has 2 rings (SSSR count). The molecule has 0 unspecified atom stereocenters. The topological polar surface area (TPSA) is 114 Å². The van der Waals surface area contributed by atoms with E-state index in [0.717, 1.165) is 0 Å². The number of sulfone groups is 1. The maximum Gasteiger partial charge on any atom is 0.315 e. The molecule has 1 aromatic rings. The summed E-state index contributed by atoms with van der Waals surface area (Å²) < 4.78 is 28.0. The fourth-order valence-electron chi connectivity index (χ4n) is 2.71. The molecule has 1 heterocycles. The molecular weight excluding hydrogens is 358 g/mol.